The Labute approximate surface area is 214 Å². The molecule has 0 aliphatic heterocycles. The van der Waals surface area contributed by atoms with E-state index in [2.05, 4.69) is 41.0 Å². The molecule has 194 valence electrons. The number of unbranched alkanes of at least 4 members (excludes halogenated alkanes) is 3. The number of hydrogen-bond donors (Lipinski definition) is 6. The third-order valence-electron chi connectivity index (χ3n) is 6.45. The van der Waals surface area contributed by atoms with Gasteiger partial charge in [0.25, 0.3) is 0 Å². The van der Waals surface area contributed by atoms with E-state index in [4.69, 9.17) is 0 Å². The van der Waals surface area contributed by atoms with Crippen LogP contribution in [0.5, 0.6) is 23.0 Å². The summed E-state index contributed by atoms with van der Waals surface area (Å²) in [6, 6.07) is 18.4. The molecule has 0 aliphatic carbocycles. The van der Waals surface area contributed by atoms with E-state index in [-0.39, 0.29) is 23.0 Å². The molecule has 6 N–H and O–H groups in total. The Morgan fingerprint density at radius 3 is 1.83 bits per heavy atom. The summed E-state index contributed by atoms with van der Waals surface area (Å²) >= 11 is 0. The number of hydrogen-bond acceptors (Lipinski definition) is 6. The van der Waals surface area contributed by atoms with Gasteiger partial charge in [-0.05, 0) is 99.6 Å². The van der Waals surface area contributed by atoms with Crippen LogP contribution in [0.2, 0.25) is 0 Å². The molecule has 36 heavy (non-hydrogen) atoms. The van der Waals surface area contributed by atoms with Crippen LogP contribution in [-0.4, -0.2) is 46.6 Å². The van der Waals surface area contributed by atoms with E-state index in [0.717, 1.165) is 56.6 Å². The third kappa shape index (κ3) is 9.44. The summed E-state index contributed by atoms with van der Waals surface area (Å²) in [5.74, 6) is -0.202. The number of phenols is 4. The molecular formula is C30H40N2O4. The molecule has 3 rings (SSSR count). The van der Waals surface area contributed by atoms with Crippen LogP contribution < -0.4 is 10.6 Å². The number of aromatic hydroxyl groups is 4. The Kier molecular flexibility index (Phi) is 11.4. The topological polar surface area (TPSA) is 105 Å². The van der Waals surface area contributed by atoms with Crippen LogP contribution in [0.3, 0.4) is 0 Å². The van der Waals surface area contributed by atoms with Gasteiger partial charge in [0, 0.05) is 11.6 Å². The molecule has 0 unspecified atom stereocenters. The summed E-state index contributed by atoms with van der Waals surface area (Å²) in [5, 5.41) is 46.8. The van der Waals surface area contributed by atoms with Gasteiger partial charge in [0.15, 0.2) is 11.5 Å². The fraction of sp³-hybridized carbons (Fsp3) is 0.400. The predicted octanol–water partition coefficient (Wildman–Crippen LogP) is 4.82. The summed E-state index contributed by atoms with van der Waals surface area (Å²) in [5.41, 5.74) is 3.84. The second-order valence-corrected chi connectivity index (χ2v) is 9.33. The molecule has 0 atom stereocenters. The zero-order chi connectivity index (χ0) is 25.6. The Morgan fingerprint density at radius 2 is 1.17 bits per heavy atom. The second-order valence-electron chi connectivity index (χ2n) is 9.33. The van der Waals surface area contributed by atoms with Gasteiger partial charge in [-0.25, -0.2) is 0 Å². The number of aryl methyl sites for hydroxylation is 1. The normalized spacial score (nSPS) is 11.1. The smallest absolute Gasteiger partial charge is 0.160 e. The molecule has 0 aliphatic rings. The van der Waals surface area contributed by atoms with Crippen LogP contribution in [-0.2, 0) is 25.7 Å². The zero-order valence-corrected chi connectivity index (χ0v) is 21.0. The summed E-state index contributed by atoms with van der Waals surface area (Å²) < 4.78 is 0. The van der Waals surface area contributed by atoms with Crippen molar-refractivity contribution in [1.29, 1.82) is 0 Å². The fourth-order valence-electron chi connectivity index (χ4n) is 4.45. The Balaban J connectivity index is 1.29. The largest absolute Gasteiger partial charge is 0.508 e. The van der Waals surface area contributed by atoms with E-state index in [1.807, 2.05) is 6.07 Å². The Hall–Kier alpha value is -3.22. The first-order valence-electron chi connectivity index (χ1n) is 13.0. The van der Waals surface area contributed by atoms with Gasteiger partial charge in [-0.1, -0.05) is 49.2 Å². The van der Waals surface area contributed by atoms with Gasteiger partial charge >= 0.3 is 0 Å². The molecule has 0 saturated carbocycles. The number of rotatable bonds is 16. The van der Waals surface area contributed by atoms with Crippen molar-refractivity contribution in [3.8, 4) is 23.0 Å². The molecule has 3 aromatic rings. The molecular weight excluding hydrogens is 452 g/mol. The van der Waals surface area contributed by atoms with E-state index in [9.17, 15) is 20.4 Å². The van der Waals surface area contributed by atoms with Gasteiger partial charge in [-0.15, -0.1) is 0 Å². The third-order valence-corrected chi connectivity index (χ3v) is 6.45. The molecule has 0 aromatic heterocycles. The fourth-order valence-corrected chi connectivity index (χ4v) is 4.45. The standard InChI is InChI=1S/C30H40N2O4/c33-26-20-24(21-27(34)22-26)10-12-28-25(11-13-29(35)30(28)36)15-19-32-17-7-2-1-6-16-31-18-14-23-8-4-3-5-9-23/h3-5,8-9,11,13,20-22,31-36H,1-2,6-7,10,12,14-19H2. The Bertz CT molecular complexity index is 1040. The number of benzene rings is 3. The quantitative estimate of drug-likeness (QED) is 0.127. The summed E-state index contributed by atoms with van der Waals surface area (Å²) in [6.07, 6.45) is 7.61. The predicted molar refractivity (Wildman–Crippen MR) is 145 cm³/mol. The molecule has 0 bridgehead atoms. The van der Waals surface area contributed by atoms with Crippen molar-refractivity contribution in [2.45, 2.75) is 51.4 Å². The lowest BCUT2D eigenvalue weighted by Gasteiger charge is -2.14. The van der Waals surface area contributed by atoms with Crippen molar-refractivity contribution in [3.63, 3.8) is 0 Å². The maximum Gasteiger partial charge on any atom is 0.160 e. The van der Waals surface area contributed by atoms with Crippen LogP contribution in [0.4, 0.5) is 0 Å². The minimum absolute atomic E-state index is 0.00822. The molecule has 6 heteroatoms. The van der Waals surface area contributed by atoms with Crippen molar-refractivity contribution in [2.24, 2.45) is 0 Å². The molecule has 0 amide bonds. The number of phenolic OH excluding ortho intramolecular Hbond substituents is 4. The van der Waals surface area contributed by atoms with Gasteiger partial charge in [-0.2, -0.15) is 0 Å². The monoisotopic (exact) mass is 492 g/mol. The van der Waals surface area contributed by atoms with Crippen LogP contribution in [0, 0.1) is 0 Å². The lowest BCUT2D eigenvalue weighted by atomic mass is 9.96. The molecule has 0 radical (unpaired) electrons. The van der Waals surface area contributed by atoms with Crippen molar-refractivity contribution >= 4 is 0 Å². The van der Waals surface area contributed by atoms with Crippen molar-refractivity contribution < 1.29 is 20.4 Å². The van der Waals surface area contributed by atoms with Crippen LogP contribution >= 0.6 is 0 Å². The lowest BCUT2D eigenvalue weighted by Crippen LogP contribution is -2.20. The maximum absolute atomic E-state index is 10.4. The van der Waals surface area contributed by atoms with E-state index in [1.165, 1.54) is 37.0 Å². The van der Waals surface area contributed by atoms with Gasteiger partial charge < -0.3 is 31.1 Å². The summed E-state index contributed by atoms with van der Waals surface area (Å²) in [7, 11) is 0. The highest BCUT2D eigenvalue weighted by Gasteiger charge is 2.13. The van der Waals surface area contributed by atoms with Crippen LogP contribution in [0.25, 0.3) is 0 Å². The first-order chi connectivity index (χ1) is 17.5. The Morgan fingerprint density at radius 1 is 0.528 bits per heavy atom. The van der Waals surface area contributed by atoms with E-state index in [0.29, 0.717) is 18.4 Å². The summed E-state index contributed by atoms with van der Waals surface area (Å²) in [6.45, 7) is 3.85. The van der Waals surface area contributed by atoms with Crippen molar-refractivity contribution in [1.82, 2.24) is 10.6 Å². The zero-order valence-electron chi connectivity index (χ0n) is 21.0. The van der Waals surface area contributed by atoms with E-state index in [1.54, 1.807) is 12.1 Å². The lowest BCUT2D eigenvalue weighted by molar-refractivity contribution is 0.398. The molecule has 3 aromatic carbocycles. The molecule has 0 heterocycles. The maximum atomic E-state index is 10.4. The van der Waals surface area contributed by atoms with Gasteiger partial charge in [0.2, 0.25) is 0 Å². The minimum atomic E-state index is -0.130. The van der Waals surface area contributed by atoms with Crippen molar-refractivity contribution in [2.75, 3.05) is 26.2 Å². The van der Waals surface area contributed by atoms with Crippen molar-refractivity contribution in [3.05, 3.63) is 82.9 Å². The highest BCUT2D eigenvalue weighted by Crippen LogP contribution is 2.33. The molecule has 6 nitrogen and oxygen atoms in total. The highest BCUT2D eigenvalue weighted by atomic mass is 16.3. The van der Waals surface area contributed by atoms with Gasteiger partial charge in [-0.3, -0.25) is 0 Å². The van der Waals surface area contributed by atoms with E-state index >= 15 is 0 Å². The molecule has 0 saturated heterocycles. The van der Waals surface area contributed by atoms with Crippen LogP contribution in [0.1, 0.15) is 47.9 Å². The van der Waals surface area contributed by atoms with Crippen LogP contribution in [0.15, 0.2) is 60.7 Å². The first-order valence-corrected chi connectivity index (χ1v) is 13.0. The second kappa shape index (κ2) is 15.0. The highest BCUT2D eigenvalue weighted by molar-refractivity contribution is 5.49. The summed E-state index contributed by atoms with van der Waals surface area (Å²) in [4.78, 5) is 0. The molecule has 0 spiro atoms. The van der Waals surface area contributed by atoms with Gasteiger partial charge in [0.05, 0.1) is 0 Å². The number of nitrogens with one attached hydrogen (secondary N) is 2. The molecule has 0 fully saturated rings. The van der Waals surface area contributed by atoms with Gasteiger partial charge in [0.1, 0.15) is 11.5 Å². The minimum Gasteiger partial charge on any atom is -0.508 e. The average Bonchev–Trinajstić information content (AvgIpc) is 2.86. The first kappa shape index (κ1) is 27.4. The van der Waals surface area contributed by atoms with E-state index < -0.39 is 0 Å². The SMILES string of the molecule is Oc1cc(O)cc(CCc2c(CCNCCCCCCNCCc3ccccc3)ccc(O)c2O)c1. The average molecular weight is 493 g/mol.